The summed E-state index contributed by atoms with van der Waals surface area (Å²) in [6.07, 6.45) is 19.7. The van der Waals surface area contributed by atoms with E-state index in [1.165, 1.54) is 44.9 Å². The number of hydrogen-bond donors (Lipinski definition) is 1. The minimum atomic E-state index is -0.833. The molecule has 0 aliphatic heterocycles. The van der Waals surface area contributed by atoms with Crippen LogP contribution in [0.2, 0.25) is 0 Å². The minimum absolute atomic E-state index is 0.833. The molecule has 0 aromatic heterocycles. The second-order valence-corrected chi connectivity index (χ2v) is 4.35. The highest BCUT2D eigenvalue weighted by atomic mass is 16.4. The van der Waals surface area contributed by atoms with Crippen LogP contribution in [0.1, 0.15) is 72.1 Å². The lowest BCUT2D eigenvalue weighted by Gasteiger charge is -1.97. The van der Waals surface area contributed by atoms with Gasteiger partial charge in [-0.2, -0.15) is 0 Å². The van der Waals surface area contributed by atoms with Crippen molar-refractivity contribution in [1.29, 1.82) is 0 Å². The summed E-state index contributed by atoms with van der Waals surface area (Å²) < 4.78 is 0. The molecule has 18 heavy (non-hydrogen) atoms. The lowest BCUT2D eigenvalue weighted by molar-refractivity contribution is -0.134. The van der Waals surface area contributed by atoms with Crippen LogP contribution in [0.5, 0.6) is 0 Å². The third-order valence-electron chi connectivity index (χ3n) is 2.40. The smallest absolute Gasteiger partial charge is 0.300 e. The first-order valence-corrected chi connectivity index (χ1v) is 7.10. The fourth-order valence-corrected chi connectivity index (χ4v) is 1.47. The fraction of sp³-hybridized carbons (Fsp3) is 0.688. The molecule has 1 N–H and O–H groups in total. The van der Waals surface area contributed by atoms with E-state index in [9.17, 15) is 0 Å². The summed E-state index contributed by atoms with van der Waals surface area (Å²) in [6, 6.07) is 0. The standard InChI is InChI=1S/C14H26.C2H4O2/c1-3-5-7-9-11-13-14-12-10-8-6-4-2;1-2(3)4/h3,5,9,11H,4,6-8,10,12-14H2,1-2H3;1H3,(H,3,4)/b5-3?,11-9-;. The van der Waals surface area contributed by atoms with Gasteiger partial charge in [0.25, 0.3) is 5.97 Å². The molecular weight excluding hydrogens is 224 g/mol. The first kappa shape index (κ1) is 19.3. The van der Waals surface area contributed by atoms with Crippen molar-refractivity contribution in [1.82, 2.24) is 0 Å². The number of rotatable bonds is 9. The molecule has 0 heterocycles. The maximum absolute atomic E-state index is 9.00. The molecule has 0 aromatic rings. The number of hydrogen-bond acceptors (Lipinski definition) is 1. The Balaban J connectivity index is 0. The Kier molecular flexibility index (Phi) is 19.6. The third-order valence-corrected chi connectivity index (χ3v) is 2.40. The molecule has 0 saturated heterocycles. The number of aliphatic carboxylic acids is 1. The highest BCUT2D eigenvalue weighted by Crippen LogP contribution is 2.07. The summed E-state index contributed by atoms with van der Waals surface area (Å²) in [6.45, 7) is 5.42. The Bertz CT molecular complexity index is 213. The number of carboxylic acids is 1. The van der Waals surface area contributed by atoms with E-state index in [0.717, 1.165) is 13.3 Å². The zero-order valence-electron chi connectivity index (χ0n) is 12.3. The van der Waals surface area contributed by atoms with Crippen molar-refractivity contribution in [3.8, 4) is 0 Å². The van der Waals surface area contributed by atoms with E-state index in [1.54, 1.807) is 0 Å². The first-order valence-electron chi connectivity index (χ1n) is 7.10. The Morgan fingerprint density at radius 1 is 1.00 bits per heavy atom. The predicted molar refractivity (Wildman–Crippen MR) is 79.9 cm³/mol. The van der Waals surface area contributed by atoms with Gasteiger partial charge >= 0.3 is 0 Å². The minimum Gasteiger partial charge on any atom is -0.481 e. The highest BCUT2D eigenvalue weighted by molar-refractivity contribution is 5.62. The van der Waals surface area contributed by atoms with Crippen LogP contribution in [-0.2, 0) is 4.79 Å². The molecule has 106 valence electrons. The third kappa shape index (κ3) is 29.4. The van der Waals surface area contributed by atoms with Gasteiger partial charge in [0.15, 0.2) is 0 Å². The Morgan fingerprint density at radius 3 is 2.11 bits per heavy atom. The van der Waals surface area contributed by atoms with E-state index in [0.29, 0.717) is 0 Å². The van der Waals surface area contributed by atoms with Crippen LogP contribution in [0.25, 0.3) is 0 Å². The van der Waals surface area contributed by atoms with Crippen molar-refractivity contribution in [3.63, 3.8) is 0 Å². The number of carboxylic acid groups (broad SMARTS) is 1. The van der Waals surface area contributed by atoms with Gasteiger partial charge in [-0.15, -0.1) is 0 Å². The molecule has 0 aromatic carbocycles. The lowest BCUT2D eigenvalue weighted by atomic mass is 10.1. The summed E-state index contributed by atoms with van der Waals surface area (Å²) in [7, 11) is 0. The van der Waals surface area contributed by atoms with Gasteiger partial charge < -0.3 is 5.11 Å². The van der Waals surface area contributed by atoms with Crippen LogP contribution >= 0.6 is 0 Å². The largest absolute Gasteiger partial charge is 0.481 e. The van der Waals surface area contributed by atoms with Crippen molar-refractivity contribution < 1.29 is 9.90 Å². The van der Waals surface area contributed by atoms with Gasteiger partial charge in [-0.25, -0.2) is 0 Å². The van der Waals surface area contributed by atoms with Gasteiger partial charge in [0.05, 0.1) is 0 Å². The van der Waals surface area contributed by atoms with E-state index >= 15 is 0 Å². The summed E-state index contributed by atoms with van der Waals surface area (Å²) in [4.78, 5) is 9.00. The molecule has 0 saturated carbocycles. The van der Waals surface area contributed by atoms with Crippen molar-refractivity contribution in [2.24, 2.45) is 0 Å². The first-order chi connectivity index (χ1) is 8.65. The molecule has 0 aliphatic rings. The van der Waals surface area contributed by atoms with Crippen LogP contribution < -0.4 is 0 Å². The van der Waals surface area contributed by atoms with Crippen molar-refractivity contribution >= 4 is 5.97 Å². The molecule has 0 atom stereocenters. The SMILES string of the molecule is CC(=O)O.CC=CC/C=C\CCCCCCCC. The topological polar surface area (TPSA) is 37.3 Å². The zero-order valence-corrected chi connectivity index (χ0v) is 12.3. The number of unbranched alkanes of at least 4 members (excludes halogenated alkanes) is 6. The van der Waals surface area contributed by atoms with Crippen LogP contribution in [0.15, 0.2) is 24.3 Å². The molecule has 2 heteroatoms. The van der Waals surface area contributed by atoms with Crippen LogP contribution in [-0.4, -0.2) is 11.1 Å². The van der Waals surface area contributed by atoms with E-state index in [1.807, 2.05) is 0 Å². The molecule has 0 radical (unpaired) electrons. The molecule has 0 rings (SSSR count). The normalized spacial score (nSPS) is 10.6. The summed E-state index contributed by atoms with van der Waals surface area (Å²) in [5, 5.41) is 7.42. The van der Waals surface area contributed by atoms with Gasteiger partial charge in [-0.05, 0) is 26.2 Å². The highest BCUT2D eigenvalue weighted by Gasteiger charge is 1.87. The Hall–Kier alpha value is -1.05. The molecule has 0 amide bonds. The Labute approximate surface area is 113 Å². The summed E-state index contributed by atoms with van der Waals surface area (Å²) >= 11 is 0. The molecule has 0 unspecified atom stereocenters. The number of allylic oxidation sites excluding steroid dienone is 4. The predicted octanol–water partition coefficient (Wildman–Crippen LogP) is 5.35. The van der Waals surface area contributed by atoms with Crippen molar-refractivity contribution in [3.05, 3.63) is 24.3 Å². The van der Waals surface area contributed by atoms with Crippen LogP contribution in [0.4, 0.5) is 0 Å². The maximum Gasteiger partial charge on any atom is 0.300 e. The van der Waals surface area contributed by atoms with Crippen LogP contribution in [0.3, 0.4) is 0 Å². The Morgan fingerprint density at radius 2 is 1.56 bits per heavy atom. The molecule has 0 spiro atoms. The number of carbonyl (C=O) groups is 1. The fourth-order valence-electron chi connectivity index (χ4n) is 1.47. The van der Waals surface area contributed by atoms with Gasteiger partial charge in [0, 0.05) is 6.92 Å². The molecule has 2 nitrogen and oxygen atoms in total. The van der Waals surface area contributed by atoms with Gasteiger partial charge in [0.2, 0.25) is 0 Å². The quantitative estimate of drug-likeness (QED) is 0.445. The second kappa shape index (κ2) is 18.3. The lowest BCUT2D eigenvalue weighted by Crippen LogP contribution is -1.78. The van der Waals surface area contributed by atoms with Crippen molar-refractivity contribution in [2.75, 3.05) is 0 Å². The molecule has 0 bridgehead atoms. The van der Waals surface area contributed by atoms with Gasteiger partial charge in [-0.1, -0.05) is 63.3 Å². The van der Waals surface area contributed by atoms with E-state index < -0.39 is 5.97 Å². The second-order valence-electron chi connectivity index (χ2n) is 4.35. The average Bonchev–Trinajstić information content (AvgIpc) is 2.31. The molecule has 0 fully saturated rings. The summed E-state index contributed by atoms with van der Waals surface area (Å²) in [5.74, 6) is -0.833. The van der Waals surface area contributed by atoms with E-state index in [4.69, 9.17) is 9.90 Å². The van der Waals surface area contributed by atoms with Crippen LogP contribution in [0, 0.1) is 0 Å². The molecule has 0 aliphatic carbocycles. The maximum atomic E-state index is 9.00. The van der Waals surface area contributed by atoms with E-state index in [2.05, 4.69) is 38.2 Å². The van der Waals surface area contributed by atoms with Gasteiger partial charge in [-0.3, -0.25) is 4.79 Å². The van der Waals surface area contributed by atoms with Crippen molar-refractivity contribution in [2.45, 2.75) is 72.1 Å². The molecular formula is C16H30O2. The monoisotopic (exact) mass is 254 g/mol. The average molecular weight is 254 g/mol. The van der Waals surface area contributed by atoms with E-state index in [-0.39, 0.29) is 0 Å². The summed E-state index contributed by atoms with van der Waals surface area (Å²) in [5.41, 5.74) is 0. The van der Waals surface area contributed by atoms with Gasteiger partial charge in [0.1, 0.15) is 0 Å². The zero-order chi connectivity index (χ0) is 14.1.